The fraction of sp³-hybridized carbons (Fsp3) is 0. The van der Waals surface area contributed by atoms with Crippen LogP contribution < -0.4 is 29.6 Å². The Balaban J connectivity index is 0. The molecule has 0 aliphatic rings. The molecule has 0 spiro atoms. The van der Waals surface area contributed by atoms with E-state index < -0.39 is 10.1 Å². The first-order chi connectivity index (χ1) is 5.02. The first-order valence-electron chi connectivity index (χ1n) is 2.74. The molecular weight excluding hydrogens is 255 g/mol. The van der Waals surface area contributed by atoms with Crippen molar-refractivity contribution in [1.82, 2.24) is 0 Å². The minimum Gasteiger partial charge on any atom is -1.00 e. The Morgan fingerprint density at radius 1 is 1.33 bits per heavy atom. The zero-order chi connectivity index (χ0) is 8.48. The van der Waals surface area contributed by atoms with Crippen LogP contribution in [0.25, 0.3) is 0 Å². The maximum absolute atomic E-state index is 10.6. The van der Waals surface area contributed by atoms with Crippen LogP contribution in [0, 0.1) is 0 Å². The van der Waals surface area contributed by atoms with E-state index in [1.807, 2.05) is 0 Å². The average Bonchev–Trinajstić information content (AvgIpc) is 1.86. The van der Waals surface area contributed by atoms with Crippen molar-refractivity contribution in [3.63, 3.8) is 0 Å². The zero-order valence-electron chi connectivity index (χ0n) is 7.36. The summed E-state index contributed by atoms with van der Waals surface area (Å²) < 4.78 is 30.1. The Morgan fingerprint density at radius 3 is 2.17 bits per heavy atom. The number of benzene rings is 1. The van der Waals surface area contributed by atoms with Gasteiger partial charge in [-0.1, -0.05) is 12.1 Å². The van der Waals surface area contributed by atoms with Gasteiger partial charge in [-0.25, -0.2) is 0 Å². The molecule has 0 aliphatic heterocycles. The summed E-state index contributed by atoms with van der Waals surface area (Å²) in [6.07, 6.45) is 0. The molecule has 0 aromatic heterocycles. The molecule has 0 aliphatic carbocycles. The van der Waals surface area contributed by atoms with Crippen LogP contribution in [0.2, 0.25) is 0 Å². The molecule has 1 N–H and O–H groups in total. The summed E-state index contributed by atoms with van der Waals surface area (Å²) in [4.78, 5) is -0.111. The molecule has 0 atom stereocenters. The molecule has 0 radical (unpaired) electrons. The van der Waals surface area contributed by atoms with E-state index in [0.29, 0.717) is 4.47 Å². The average molecular weight is 261 g/mol. The summed E-state index contributed by atoms with van der Waals surface area (Å²) in [6, 6.07) is 6.06. The molecule has 62 valence electrons. The second kappa shape index (κ2) is 4.74. The number of hydrogen-bond donors (Lipinski definition) is 1. The van der Waals surface area contributed by atoms with Gasteiger partial charge in [-0.05, 0) is 28.1 Å². The van der Waals surface area contributed by atoms with Crippen molar-refractivity contribution in [2.75, 3.05) is 0 Å². The number of halogens is 1. The summed E-state index contributed by atoms with van der Waals surface area (Å²) in [5.74, 6) is 0. The predicted octanol–water partition coefficient (Wildman–Crippen LogP) is -1.19. The van der Waals surface area contributed by atoms with E-state index in [-0.39, 0.29) is 35.9 Å². The Labute approximate surface area is 103 Å². The molecule has 0 amide bonds. The summed E-state index contributed by atoms with van der Waals surface area (Å²) in [6.45, 7) is 0. The maximum atomic E-state index is 10.6. The van der Waals surface area contributed by atoms with Crippen molar-refractivity contribution < 1.29 is 44.0 Å². The normalized spacial score (nSPS) is 10.5. The number of rotatable bonds is 1. The van der Waals surface area contributed by atoms with Crippen LogP contribution in [0.5, 0.6) is 0 Å². The van der Waals surface area contributed by atoms with Crippen molar-refractivity contribution in [2.45, 2.75) is 4.90 Å². The van der Waals surface area contributed by atoms with Crippen molar-refractivity contribution in [2.24, 2.45) is 0 Å². The summed E-state index contributed by atoms with van der Waals surface area (Å²) >= 11 is 2.99. The van der Waals surface area contributed by atoms with Gasteiger partial charge in [0.15, 0.2) is 0 Å². The summed E-state index contributed by atoms with van der Waals surface area (Å²) in [7, 11) is -4.08. The smallest absolute Gasteiger partial charge is 1.00 e. The van der Waals surface area contributed by atoms with Crippen LogP contribution in [0.1, 0.15) is 1.43 Å². The van der Waals surface area contributed by atoms with E-state index in [1.165, 1.54) is 12.1 Å². The van der Waals surface area contributed by atoms with Crippen molar-refractivity contribution in [3.05, 3.63) is 28.7 Å². The molecular formula is C6H6BrNaO3S. The standard InChI is InChI=1S/C6H5BrO3S.Na.H/c7-5-3-1-2-4-6(5)11(8,9)10;;/h1-4H,(H,8,9,10);;/q;+1;-1. The molecule has 6 heteroatoms. The fourth-order valence-electron chi connectivity index (χ4n) is 0.654. The first kappa shape index (κ1) is 12.6. The van der Waals surface area contributed by atoms with E-state index in [4.69, 9.17) is 4.55 Å². The summed E-state index contributed by atoms with van der Waals surface area (Å²) in [5.41, 5.74) is 0. The van der Waals surface area contributed by atoms with Crippen molar-refractivity contribution in [3.8, 4) is 0 Å². The Morgan fingerprint density at radius 2 is 1.83 bits per heavy atom. The minimum atomic E-state index is -4.08. The van der Waals surface area contributed by atoms with E-state index in [1.54, 1.807) is 12.1 Å². The number of hydrogen-bond acceptors (Lipinski definition) is 2. The maximum Gasteiger partial charge on any atom is 1.00 e. The molecule has 0 saturated carbocycles. The Hall–Kier alpha value is 0.610. The second-order valence-corrected chi connectivity index (χ2v) is 4.15. The van der Waals surface area contributed by atoms with Gasteiger partial charge in [0.2, 0.25) is 0 Å². The first-order valence-corrected chi connectivity index (χ1v) is 4.97. The Kier molecular flexibility index (Phi) is 4.98. The molecule has 3 nitrogen and oxygen atoms in total. The van der Waals surface area contributed by atoms with Crippen LogP contribution in [-0.2, 0) is 10.1 Å². The Bertz CT molecular complexity index is 368. The summed E-state index contributed by atoms with van der Waals surface area (Å²) in [5, 5.41) is 0. The fourth-order valence-corrected chi connectivity index (χ4v) is 2.12. The van der Waals surface area contributed by atoms with E-state index in [0.717, 1.165) is 0 Å². The van der Waals surface area contributed by atoms with Gasteiger partial charge in [0.05, 0.1) is 0 Å². The topological polar surface area (TPSA) is 54.4 Å². The third kappa shape index (κ3) is 3.16. The van der Waals surface area contributed by atoms with Crippen LogP contribution >= 0.6 is 15.9 Å². The molecule has 0 heterocycles. The molecule has 1 aromatic carbocycles. The van der Waals surface area contributed by atoms with Crippen LogP contribution in [0.4, 0.5) is 0 Å². The molecule has 12 heavy (non-hydrogen) atoms. The van der Waals surface area contributed by atoms with Gasteiger partial charge in [0.25, 0.3) is 10.1 Å². The van der Waals surface area contributed by atoms with Crippen LogP contribution in [0.3, 0.4) is 0 Å². The van der Waals surface area contributed by atoms with E-state index >= 15 is 0 Å². The van der Waals surface area contributed by atoms with Crippen LogP contribution in [-0.4, -0.2) is 13.0 Å². The van der Waals surface area contributed by atoms with Gasteiger partial charge in [0.1, 0.15) is 4.90 Å². The quantitative estimate of drug-likeness (QED) is 0.511. The molecule has 1 rings (SSSR count). The van der Waals surface area contributed by atoms with Gasteiger partial charge in [-0.3, -0.25) is 4.55 Å². The second-order valence-electron chi connectivity index (χ2n) is 1.91. The molecule has 0 saturated heterocycles. The van der Waals surface area contributed by atoms with Gasteiger partial charge in [-0.2, -0.15) is 8.42 Å². The monoisotopic (exact) mass is 260 g/mol. The molecule has 1 aromatic rings. The predicted molar refractivity (Wildman–Crippen MR) is 45.1 cm³/mol. The van der Waals surface area contributed by atoms with Gasteiger partial charge < -0.3 is 1.43 Å². The third-order valence-electron chi connectivity index (χ3n) is 1.11. The van der Waals surface area contributed by atoms with Crippen molar-refractivity contribution in [1.29, 1.82) is 0 Å². The minimum absolute atomic E-state index is 0. The molecule has 0 unspecified atom stereocenters. The third-order valence-corrected chi connectivity index (χ3v) is 2.98. The van der Waals surface area contributed by atoms with E-state index in [2.05, 4.69) is 15.9 Å². The molecule has 0 bridgehead atoms. The van der Waals surface area contributed by atoms with Crippen molar-refractivity contribution >= 4 is 26.0 Å². The SMILES string of the molecule is O=S(=O)(O)c1ccccc1Br.[H-].[Na+]. The van der Waals surface area contributed by atoms with Gasteiger partial charge in [0, 0.05) is 4.47 Å². The largest absolute Gasteiger partial charge is 1.00 e. The van der Waals surface area contributed by atoms with E-state index in [9.17, 15) is 8.42 Å². The zero-order valence-corrected chi connectivity index (χ0v) is 10.8. The van der Waals surface area contributed by atoms with Crippen LogP contribution in [0.15, 0.2) is 33.6 Å². The van der Waals surface area contributed by atoms with Gasteiger partial charge in [-0.15, -0.1) is 0 Å². The molecule has 0 fully saturated rings. The van der Waals surface area contributed by atoms with Gasteiger partial charge >= 0.3 is 29.6 Å².